The molecule has 2 aromatic rings. The van der Waals surface area contributed by atoms with Gasteiger partial charge in [0.1, 0.15) is 12.5 Å². The smallest absolute Gasteiger partial charge is 0.318 e. The first kappa shape index (κ1) is 25.9. The van der Waals surface area contributed by atoms with E-state index >= 15 is 0 Å². The molecule has 2 fully saturated rings. The maximum atomic E-state index is 13.7. The fourth-order valence-corrected chi connectivity index (χ4v) is 4.87. The third-order valence-corrected chi connectivity index (χ3v) is 6.93. The second-order valence-corrected chi connectivity index (χ2v) is 9.55. The van der Waals surface area contributed by atoms with E-state index in [1.165, 1.54) is 0 Å². The normalized spacial score (nSPS) is 21.0. The van der Waals surface area contributed by atoms with Crippen molar-refractivity contribution in [3.63, 3.8) is 0 Å². The molecule has 2 aromatic carbocycles. The van der Waals surface area contributed by atoms with Gasteiger partial charge in [0.05, 0.1) is 13.0 Å². The number of amides is 1. The van der Waals surface area contributed by atoms with E-state index in [1.807, 2.05) is 60.7 Å². The van der Waals surface area contributed by atoms with Crippen molar-refractivity contribution in [2.24, 2.45) is 17.7 Å². The van der Waals surface area contributed by atoms with Crippen LogP contribution in [-0.2, 0) is 41.8 Å². The van der Waals surface area contributed by atoms with E-state index in [2.05, 4.69) is 0 Å². The standard InChI is InChI=1S/C28H34N2O6/c29-30(28(17-16-25(31)36-28)35-20-23-14-8-3-9-15-23)26(32)24(18-21-10-4-1-5-11-21)27(33)34-19-22-12-6-2-7-13-22/h2-3,6-9,12-15,21,24H,1,4-5,10-11,16-20,29H2/t24-,28?/m0/s1. The lowest BCUT2D eigenvalue weighted by atomic mass is 9.82. The van der Waals surface area contributed by atoms with E-state index in [-0.39, 0.29) is 32.0 Å². The van der Waals surface area contributed by atoms with Gasteiger partial charge in [-0.2, -0.15) is 0 Å². The van der Waals surface area contributed by atoms with Crippen molar-refractivity contribution in [1.82, 2.24) is 5.01 Å². The topological polar surface area (TPSA) is 108 Å². The van der Waals surface area contributed by atoms with Gasteiger partial charge < -0.3 is 14.2 Å². The maximum Gasteiger partial charge on any atom is 0.318 e. The highest BCUT2D eigenvalue weighted by molar-refractivity contribution is 5.98. The van der Waals surface area contributed by atoms with E-state index in [0.29, 0.717) is 6.42 Å². The Morgan fingerprint density at radius 2 is 1.58 bits per heavy atom. The molecule has 1 unspecified atom stereocenters. The number of carbonyl (C=O) groups excluding carboxylic acids is 3. The molecule has 1 amide bonds. The lowest BCUT2D eigenvalue weighted by molar-refractivity contribution is -0.287. The fourth-order valence-electron chi connectivity index (χ4n) is 4.87. The van der Waals surface area contributed by atoms with E-state index in [9.17, 15) is 14.4 Å². The Balaban J connectivity index is 1.51. The molecule has 2 aliphatic rings. The number of carbonyl (C=O) groups is 3. The van der Waals surface area contributed by atoms with Crippen LogP contribution in [0.4, 0.5) is 0 Å². The van der Waals surface area contributed by atoms with Crippen LogP contribution in [-0.4, -0.2) is 28.8 Å². The number of benzene rings is 2. The summed E-state index contributed by atoms with van der Waals surface area (Å²) < 4.78 is 17.0. The molecule has 0 spiro atoms. The fraction of sp³-hybridized carbons (Fsp3) is 0.464. The Morgan fingerprint density at radius 3 is 2.17 bits per heavy atom. The van der Waals surface area contributed by atoms with Crippen LogP contribution >= 0.6 is 0 Å². The monoisotopic (exact) mass is 494 g/mol. The molecule has 1 aliphatic heterocycles. The summed E-state index contributed by atoms with van der Waals surface area (Å²) in [5.41, 5.74) is 1.66. The minimum Gasteiger partial charge on any atom is -0.460 e. The Kier molecular flexibility index (Phi) is 8.72. The molecule has 1 saturated carbocycles. The van der Waals surface area contributed by atoms with Crippen molar-refractivity contribution in [2.45, 2.75) is 70.5 Å². The molecular formula is C28H34N2O6. The molecule has 0 aromatic heterocycles. The quantitative estimate of drug-likeness (QED) is 0.132. The summed E-state index contributed by atoms with van der Waals surface area (Å²) in [6.45, 7) is 0.143. The van der Waals surface area contributed by atoms with E-state index in [1.54, 1.807) is 0 Å². The van der Waals surface area contributed by atoms with Crippen LogP contribution < -0.4 is 5.84 Å². The second kappa shape index (κ2) is 12.1. The first-order valence-electron chi connectivity index (χ1n) is 12.7. The molecule has 8 nitrogen and oxygen atoms in total. The minimum atomic E-state index is -1.77. The van der Waals surface area contributed by atoms with Crippen molar-refractivity contribution < 1.29 is 28.6 Å². The molecule has 0 bridgehead atoms. The second-order valence-electron chi connectivity index (χ2n) is 9.55. The predicted molar refractivity (Wildman–Crippen MR) is 131 cm³/mol. The van der Waals surface area contributed by atoms with Gasteiger partial charge in [-0.25, -0.2) is 10.9 Å². The number of hydrazine groups is 1. The summed E-state index contributed by atoms with van der Waals surface area (Å²) in [6.07, 6.45) is 5.66. The first-order valence-corrected chi connectivity index (χ1v) is 12.7. The van der Waals surface area contributed by atoms with Crippen LogP contribution in [0.25, 0.3) is 0 Å². The molecule has 4 rings (SSSR count). The van der Waals surface area contributed by atoms with Crippen molar-refractivity contribution in [1.29, 1.82) is 0 Å². The molecule has 36 heavy (non-hydrogen) atoms. The average molecular weight is 495 g/mol. The van der Waals surface area contributed by atoms with Gasteiger partial charge in [0.15, 0.2) is 0 Å². The lowest BCUT2D eigenvalue weighted by Crippen LogP contribution is -2.60. The molecule has 1 saturated heterocycles. The molecule has 8 heteroatoms. The number of nitrogens with zero attached hydrogens (tertiary/aromatic N) is 1. The molecule has 2 N–H and O–H groups in total. The minimum absolute atomic E-state index is 0.0571. The van der Waals surface area contributed by atoms with Crippen LogP contribution in [0.2, 0.25) is 0 Å². The van der Waals surface area contributed by atoms with Gasteiger partial charge in [0, 0.05) is 6.42 Å². The van der Waals surface area contributed by atoms with Crippen molar-refractivity contribution >= 4 is 17.8 Å². The largest absolute Gasteiger partial charge is 0.460 e. The number of rotatable bonds is 10. The van der Waals surface area contributed by atoms with Gasteiger partial charge in [-0.3, -0.25) is 14.4 Å². The summed E-state index contributed by atoms with van der Waals surface area (Å²) in [6, 6.07) is 18.6. The highest BCUT2D eigenvalue weighted by atomic mass is 16.7. The van der Waals surface area contributed by atoms with Crippen LogP contribution in [0.5, 0.6) is 0 Å². The highest BCUT2D eigenvalue weighted by Gasteiger charge is 2.51. The summed E-state index contributed by atoms with van der Waals surface area (Å²) in [5, 5.41) is 0.804. The van der Waals surface area contributed by atoms with Crippen molar-refractivity contribution in [3.8, 4) is 0 Å². The Labute approximate surface area is 211 Å². The molecular weight excluding hydrogens is 460 g/mol. The number of cyclic esters (lactones) is 1. The van der Waals surface area contributed by atoms with Gasteiger partial charge in [-0.1, -0.05) is 92.8 Å². The van der Waals surface area contributed by atoms with Crippen LogP contribution in [0.3, 0.4) is 0 Å². The Bertz CT molecular complexity index is 1020. The third-order valence-electron chi connectivity index (χ3n) is 6.93. The summed E-state index contributed by atoms with van der Waals surface area (Å²) in [5.74, 6) is 1.84. The molecule has 1 heterocycles. The van der Waals surface area contributed by atoms with Crippen LogP contribution in [0, 0.1) is 11.8 Å². The third kappa shape index (κ3) is 6.50. The van der Waals surface area contributed by atoms with Gasteiger partial charge >= 0.3 is 17.8 Å². The van der Waals surface area contributed by atoms with E-state index in [0.717, 1.165) is 48.2 Å². The number of esters is 2. The lowest BCUT2D eigenvalue weighted by Gasteiger charge is -2.37. The molecule has 0 radical (unpaired) electrons. The summed E-state index contributed by atoms with van der Waals surface area (Å²) in [7, 11) is 0. The van der Waals surface area contributed by atoms with Gasteiger partial charge in [-0.05, 0) is 23.5 Å². The summed E-state index contributed by atoms with van der Waals surface area (Å²) >= 11 is 0. The zero-order valence-electron chi connectivity index (χ0n) is 20.5. The van der Waals surface area contributed by atoms with Crippen LogP contribution in [0.1, 0.15) is 62.5 Å². The van der Waals surface area contributed by atoms with Gasteiger partial charge in [0.25, 0.3) is 5.91 Å². The predicted octanol–water partition coefficient (Wildman–Crippen LogP) is 4.23. The van der Waals surface area contributed by atoms with Gasteiger partial charge in [-0.15, -0.1) is 0 Å². The van der Waals surface area contributed by atoms with E-state index < -0.39 is 29.7 Å². The molecule has 1 aliphatic carbocycles. The number of hydrogen-bond donors (Lipinski definition) is 1. The maximum absolute atomic E-state index is 13.7. The van der Waals surface area contributed by atoms with Crippen molar-refractivity contribution in [3.05, 3.63) is 71.8 Å². The average Bonchev–Trinajstić information content (AvgIpc) is 3.32. The zero-order chi connectivity index (χ0) is 25.4. The number of nitrogens with two attached hydrogens (primary N) is 1. The van der Waals surface area contributed by atoms with Crippen molar-refractivity contribution in [2.75, 3.05) is 0 Å². The van der Waals surface area contributed by atoms with Crippen LogP contribution in [0.15, 0.2) is 60.7 Å². The first-order chi connectivity index (χ1) is 17.5. The molecule has 2 atom stereocenters. The Hall–Kier alpha value is -3.23. The highest BCUT2D eigenvalue weighted by Crippen LogP contribution is 2.35. The van der Waals surface area contributed by atoms with Gasteiger partial charge in [0.2, 0.25) is 0 Å². The Morgan fingerprint density at radius 1 is 0.972 bits per heavy atom. The SMILES string of the molecule is NN(C(=O)[C@H](CC1CCCCC1)C(=O)OCc1ccccc1)C1(OCc2ccccc2)CCC(=O)O1. The number of ether oxygens (including phenoxy) is 3. The van der Waals surface area contributed by atoms with E-state index in [4.69, 9.17) is 20.1 Å². The molecule has 192 valence electrons. The summed E-state index contributed by atoms with van der Waals surface area (Å²) in [4.78, 5) is 39.0. The number of hydrogen-bond acceptors (Lipinski definition) is 7. The zero-order valence-corrected chi connectivity index (χ0v) is 20.5.